The maximum Gasteiger partial charge on any atom is 0.157 e. The molecule has 0 saturated carbocycles. The molecular weight excluding hydrogens is 272 g/mol. The highest BCUT2D eigenvalue weighted by atomic mass is 16.7. The molecule has 2 rings (SSSR count). The molecule has 0 amide bonds. The highest BCUT2D eigenvalue weighted by Gasteiger charge is 2.52. The minimum Gasteiger partial charge on any atom is -0.388 e. The molecule has 0 radical (unpaired) electrons. The predicted molar refractivity (Wildman–Crippen MR) is 79.0 cm³/mol. The highest BCUT2D eigenvalue weighted by molar-refractivity contribution is 4.99. The Balaban J connectivity index is 1.55. The van der Waals surface area contributed by atoms with Crippen molar-refractivity contribution in [1.29, 1.82) is 0 Å². The Labute approximate surface area is 127 Å². The molecule has 0 bridgehead atoms. The van der Waals surface area contributed by atoms with Crippen molar-refractivity contribution in [2.45, 2.75) is 82.4 Å². The Morgan fingerprint density at radius 1 is 0.952 bits per heavy atom. The molecule has 0 aromatic heterocycles. The molecule has 1 spiro atoms. The lowest BCUT2D eigenvalue weighted by atomic mass is 9.96. The zero-order valence-corrected chi connectivity index (χ0v) is 13.1. The third-order valence-corrected chi connectivity index (χ3v) is 4.52. The van der Waals surface area contributed by atoms with Gasteiger partial charge in [0.2, 0.25) is 0 Å². The van der Waals surface area contributed by atoms with Crippen LogP contribution in [0.2, 0.25) is 0 Å². The minimum atomic E-state index is -0.919. The SMILES string of the molecule is CCCCCCCCCC1OCC2(CO1)OC[C@@H](O)C2O. The van der Waals surface area contributed by atoms with Gasteiger partial charge in [0.1, 0.15) is 17.8 Å². The number of rotatable bonds is 8. The molecule has 5 heteroatoms. The van der Waals surface area contributed by atoms with Crippen LogP contribution in [0, 0.1) is 0 Å². The highest BCUT2D eigenvalue weighted by Crippen LogP contribution is 2.32. The third-order valence-electron chi connectivity index (χ3n) is 4.52. The van der Waals surface area contributed by atoms with Gasteiger partial charge in [-0.25, -0.2) is 0 Å². The summed E-state index contributed by atoms with van der Waals surface area (Å²) >= 11 is 0. The molecule has 2 N–H and O–H groups in total. The van der Waals surface area contributed by atoms with Gasteiger partial charge >= 0.3 is 0 Å². The van der Waals surface area contributed by atoms with E-state index in [9.17, 15) is 10.2 Å². The first kappa shape index (κ1) is 17.2. The van der Waals surface area contributed by atoms with E-state index in [-0.39, 0.29) is 12.9 Å². The molecule has 1 unspecified atom stereocenters. The zero-order chi connectivity index (χ0) is 15.1. The fourth-order valence-corrected chi connectivity index (χ4v) is 3.03. The van der Waals surface area contributed by atoms with E-state index >= 15 is 0 Å². The number of ether oxygens (including phenoxy) is 3. The standard InChI is InChI=1S/C16H30O5/c1-2-3-4-5-6-7-8-9-14-19-11-16(12-20-14)15(18)13(17)10-21-16/h13-15,17-18H,2-12H2,1H3/t13-,14?,15?,16?/m1/s1. The topological polar surface area (TPSA) is 68.2 Å². The second-order valence-corrected chi connectivity index (χ2v) is 6.35. The van der Waals surface area contributed by atoms with Crippen LogP contribution in [0.15, 0.2) is 0 Å². The monoisotopic (exact) mass is 302 g/mol. The van der Waals surface area contributed by atoms with Gasteiger partial charge in [-0.05, 0) is 12.8 Å². The second-order valence-electron chi connectivity index (χ2n) is 6.35. The molecular formula is C16H30O5. The van der Waals surface area contributed by atoms with E-state index < -0.39 is 17.8 Å². The normalized spacial score (nSPS) is 36.4. The molecule has 0 aromatic carbocycles. The third kappa shape index (κ3) is 4.63. The second kappa shape index (κ2) is 8.44. The van der Waals surface area contributed by atoms with E-state index in [1.165, 1.54) is 38.5 Å². The molecule has 2 aliphatic rings. The number of hydrogen-bond acceptors (Lipinski definition) is 5. The summed E-state index contributed by atoms with van der Waals surface area (Å²) in [7, 11) is 0. The van der Waals surface area contributed by atoms with Crippen molar-refractivity contribution in [3.05, 3.63) is 0 Å². The van der Waals surface area contributed by atoms with E-state index in [1.807, 2.05) is 0 Å². The van der Waals surface area contributed by atoms with Crippen molar-refractivity contribution in [2.24, 2.45) is 0 Å². The average Bonchev–Trinajstić information content (AvgIpc) is 2.77. The number of unbranched alkanes of at least 4 members (excludes halogenated alkanes) is 6. The fraction of sp³-hybridized carbons (Fsp3) is 1.00. The van der Waals surface area contributed by atoms with Crippen LogP contribution in [0.3, 0.4) is 0 Å². The molecule has 2 saturated heterocycles. The quantitative estimate of drug-likeness (QED) is 0.671. The largest absolute Gasteiger partial charge is 0.388 e. The lowest BCUT2D eigenvalue weighted by Crippen LogP contribution is -2.55. The Bertz CT molecular complexity index is 288. The molecule has 21 heavy (non-hydrogen) atoms. The summed E-state index contributed by atoms with van der Waals surface area (Å²) < 4.78 is 16.8. The van der Waals surface area contributed by atoms with Gasteiger partial charge in [0.25, 0.3) is 0 Å². The molecule has 2 fully saturated rings. The van der Waals surface area contributed by atoms with Gasteiger partial charge in [-0.15, -0.1) is 0 Å². The summed E-state index contributed by atoms with van der Waals surface area (Å²) in [6.45, 7) is 2.98. The average molecular weight is 302 g/mol. The van der Waals surface area contributed by atoms with Crippen LogP contribution in [-0.4, -0.2) is 54.1 Å². The van der Waals surface area contributed by atoms with Gasteiger partial charge in [-0.1, -0.05) is 45.4 Å². The van der Waals surface area contributed by atoms with E-state index in [4.69, 9.17) is 14.2 Å². The van der Waals surface area contributed by atoms with Gasteiger partial charge < -0.3 is 24.4 Å². The summed E-state index contributed by atoms with van der Waals surface area (Å²) in [5, 5.41) is 19.5. The maximum absolute atomic E-state index is 9.94. The lowest BCUT2D eigenvalue weighted by Gasteiger charge is -2.38. The van der Waals surface area contributed by atoms with Crippen LogP contribution in [0.1, 0.15) is 58.3 Å². The van der Waals surface area contributed by atoms with E-state index in [0.29, 0.717) is 13.2 Å². The van der Waals surface area contributed by atoms with Crippen LogP contribution in [0.25, 0.3) is 0 Å². The van der Waals surface area contributed by atoms with E-state index in [2.05, 4.69) is 6.92 Å². The Morgan fingerprint density at radius 3 is 2.14 bits per heavy atom. The Morgan fingerprint density at radius 2 is 1.57 bits per heavy atom. The molecule has 2 heterocycles. The van der Waals surface area contributed by atoms with E-state index in [1.54, 1.807) is 0 Å². The minimum absolute atomic E-state index is 0.149. The van der Waals surface area contributed by atoms with Crippen LogP contribution < -0.4 is 0 Å². The van der Waals surface area contributed by atoms with Crippen LogP contribution in [0.4, 0.5) is 0 Å². The van der Waals surface area contributed by atoms with Crippen LogP contribution in [-0.2, 0) is 14.2 Å². The Hall–Kier alpha value is -0.200. The van der Waals surface area contributed by atoms with E-state index in [0.717, 1.165) is 12.8 Å². The van der Waals surface area contributed by atoms with Gasteiger partial charge in [-0.2, -0.15) is 0 Å². The first-order chi connectivity index (χ1) is 10.2. The first-order valence-electron chi connectivity index (χ1n) is 8.41. The number of aliphatic hydroxyl groups is 2. The summed E-state index contributed by atoms with van der Waals surface area (Å²) in [5.74, 6) is 0. The van der Waals surface area contributed by atoms with Crippen LogP contribution in [0.5, 0.6) is 0 Å². The molecule has 0 aliphatic carbocycles. The molecule has 2 aliphatic heterocycles. The summed E-state index contributed by atoms with van der Waals surface area (Å²) in [6, 6.07) is 0. The van der Waals surface area contributed by atoms with Crippen molar-refractivity contribution in [3.63, 3.8) is 0 Å². The van der Waals surface area contributed by atoms with Gasteiger partial charge in [0.15, 0.2) is 6.29 Å². The first-order valence-corrected chi connectivity index (χ1v) is 8.41. The smallest absolute Gasteiger partial charge is 0.157 e. The van der Waals surface area contributed by atoms with Gasteiger partial charge in [0.05, 0.1) is 19.8 Å². The molecule has 0 aromatic rings. The van der Waals surface area contributed by atoms with Crippen molar-refractivity contribution in [2.75, 3.05) is 19.8 Å². The Kier molecular flexibility index (Phi) is 6.89. The maximum atomic E-state index is 9.94. The predicted octanol–water partition coefficient (Wildman–Crippen LogP) is 1.99. The van der Waals surface area contributed by atoms with Gasteiger partial charge in [-0.3, -0.25) is 0 Å². The van der Waals surface area contributed by atoms with Crippen molar-refractivity contribution in [1.82, 2.24) is 0 Å². The lowest BCUT2D eigenvalue weighted by molar-refractivity contribution is -0.271. The molecule has 124 valence electrons. The zero-order valence-electron chi connectivity index (χ0n) is 13.1. The fourth-order valence-electron chi connectivity index (χ4n) is 3.03. The van der Waals surface area contributed by atoms with Crippen LogP contribution >= 0.6 is 0 Å². The number of aliphatic hydroxyl groups excluding tert-OH is 2. The number of hydrogen-bond donors (Lipinski definition) is 2. The summed E-state index contributed by atoms with van der Waals surface area (Å²) in [5.41, 5.74) is -0.865. The summed E-state index contributed by atoms with van der Waals surface area (Å²) in [4.78, 5) is 0. The van der Waals surface area contributed by atoms with Gasteiger partial charge in [0, 0.05) is 0 Å². The van der Waals surface area contributed by atoms with Crippen molar-refractivity contribution < 1.29 is 24.4 Å². The van der Waals surface area contributed by atoms with Crippen molar-refractivity contribution in [3.8, 4) is 0 Å². The molecule has 2 atom stereocenters. The summed E-state index contributed by atoms with van der Waals surface area (Å²) in [6.07, 6.45) is 7.83. The molecule has 5 nitrogen and oxygen atoms in total. The van der Waals surface area contributed by atoms with Crippen molar-refractivity contribution >= 4 is 0 Å².